The Bertz CT molecular complexity index is 620. The van der Waals surface area contributed by atoms with E-state index in [1.807, 2.05) is 27.7 Å². The lowest BCUT2D eigenvalue weighted by molar-refractivity contribution is -0.321. The van der Waals surface area contributed by atoms with Crippen molar-refractivity contribution in [1.29, 1.82) is 0 Å². The Morgan fingerprint density at radius 3 is 2.12 bits per heavy atom. The molecule has 0 spiro atoms. The molecule has 0 aromatic heterocycles. The minimum Gasteiger partial charge on any atom is -0.386 e. The lowest BCUT2D eigenvalue weighted by Gasteiger charge is -2.45. The van der Waals surface area contributed by atoms with Gasteiger partial charge in [-0.15, -0.1) is 0 Å². The smallest absolute Gasteiger partial charge is 0.243 e. The first-order valence-electron chi connectivity index (χ1n) is 8.26. The highest BCUT2D eigenvalue weighted by atomic mass is 32.2. The Balaban J connectivity index is 2.22. The molecule has 0 aliphatic carbocycles. The van der Waals surface area contributed by atoms with Crippen LogP contribution in [0.2, 0.25) is 0 Å². The van der Waals surface area contributed by atoms with E-state index in [0.29, 0.717) is 0 Å². The number of sulfonamides is 1. The van der Waals surface area contributed by atoms with E-state index in [0.717, 1.165) is 0 Å². The van der Waals surface area contributed by atoms with E-state index >= 15 is 0 Å². The van der Waals surface area contributed by atoms with Gasteiger partial charge in [0.15, 0.2) is 5.79 Å². The summed E-state index contributed by atoms with van der Waals surface area (Å²) < 4.78 is 38.5. The maximum absolute atomic E-state index is 12.7. The van der Waals surface area contributed by atoms with Crippen molar-refractivity contribution in [3.8, 4) is 0 Å². The second kappa shape index (κ2) is 7.49. The number of piperidine rings is 1. The summed E-state index contributed by atoms with van der Waals surface area (Å²) in [6.07, 6.45) is -1.07. The van der Waals surface area contributed by atoms with Crippen LogP contribution in [0.5, 0.6) is 0 Å². The predicted molar refractivity (Wildman–Crippen MR) is 91.0 cm³/mol. The van der Waals surface area contributed by atoms with Crippen LogP contribution in [0, 0.1) is 0 Å². The van der Waals surface area contributed by atoms with E-state index in [9.17, 15) is 13.5 Å². The minimum atomic E-state index is -3.64. The van der Waals surface area contributed by atoms with Crippen LogP contribution in [0.3, 0.4) is 0 Å². The Morgan fingerprint density at radius 2 is 1.67 bits per heavy atom. The van der Waals surface area contributed by atoms with Gasteiger partial charge in [-0.2, -0.15) is 4.31 Å². The highest BCUT2D eigenvalue weighted by Gasteiger charge is 2.48. The summed E-state index contributed by atoms with van der Waals surface area (Å²) in [7, 11) is -3.64. The van der Waals surface area contributed by atoms with Crippen molar-refractivity contribution in [1.82, 2.24) is 4.31 Å². The first kappa shape index (κ1) is 19.3. The second-order valence-electron chi connectivity index (χ2n) is 6.59. The summed E-state index contributed by atoms with van der Waals surface area (Å²) in [6, 6.07) is 8.24. The van der Waals surface area contributed by atoms with Gasteiger partial charge in [0, 0.05) is 19.5 Å². The van der Waals surface area contributed by atoms with E-state index in [1.54, 1.807) is 30.3 Å². The Hall–Kier alpha value is -0.990. The standard InChI is InChI=1S/C17H27NO5S/c1-13(2)22-17(23-14(3)4)10-11-18(12-16(17)19)24(20,21)15-8-6-5-7-9-15/h5-9,13-14,16,19H,10-12H2,1-4H3. The highest BCUT2D eigenvalue weighted by molar-refractivity contribution is 7.89. The average molecular weight is 357 g/mol. The summed E-state index contributed by atoms with van der Waals surface area (Å²) in [4.78, 5) is 0.222. The van der Waals surface area contributed by atoms with Gasteiger partial charge in [0.25, 0.3) is 0 Å². The van der Waals surface area contributed by atoms with E-state index in [4.69, 9.17) is 9.47 Å². The van der Waals surface area contributed by atoms with Crippen LogP contribution >= 0.6 is 0 Å². The fourth-order valence-electron chi connectivity index (χ4n) is 2.93. The fourth-order valence-corrected chi connectivity index (χ4v) is 4.40. The highest BCUT2D eigenvalue weighted by Crippen LogP contribution is 2.33. The van der Waals surface area contributed by atoms with Crippen molar-refractivity contribution in [3.05, 3.63) is 30.3 Å². The van der Waals surface area contributed by atoms with Crippen molar-refractivity contribution in [3.63, 3.8) is 0 Å². The number of benzene rings is 1. The zero-order valence-corrected chi connectivity index (χ0v) is 15.5. The molecule has 1 unspecified atom stereocenters. The molecular weight excluding hydrogens is 330 g/mol. The summed E-state index contributed by atoms with van der Waals surface area (Å²) in [5.41, 5.74) is 0. The third kappa shape index (κ3) is 4.15. The lowest BCUT2D eigenvalue weighted by Crippen LogP contribution is -2.60. The van der Waals surface area contributed by atoms with Crippen LogP contribution in [0.1, 0.15) is 34.1 Å². The molecule has 0 bridgehead atoms. The third-order valence-corrected chi connectivity index (χ3v) is 5.72. The topological polar surface area (TPSA) is 76.1 Å². The first-order valence-corrected chi connectivity index (χ1v) is 9.70. The first-order chi connectivity index (χ1) is 11.2. The number of nitrogens with zero attached hydrogens (tertiary/aromatic N) is 1. The van der Waals surface area contributed by atoms with Crippen LogP contribution in [0.15, 0.2) is 35.2 Å². The normalized spacial score (nSPS) is 22.2. The zero-order valence-electron chi connectivity index (χ0n) is 14.7. The number of β-amino-alcohol motifs (C(OH)–C–C–N with tert-alkyl or cyclic N) is 1. The molecule has 6 nitrogen and oxygen atoms in total. The van der Waals surface area contributed by atoms with Gasteiger partial charge in [-0.1, -0.05) is 18.2 Å². The maximum atomic E-state index is 12.7. The second-order valence-corrected chi connectivity index (χ2v) is 8.52. The Kier molecular flexibility index (Phi) is 6.04. The lowest BCUT2D eigenvalue weighted by atomic mass is 10.0. The van der Waals surface area contributed by atoms with Crippen molar-refractivity contribution in [2.75, 3.05) is 13.1 Å². The van der Waals surface area contributed by atoms with Gasteiger partial charge in [0.05, 0.1) is 17.1 Å². The van der Waals surface area contributed by atoms with E-state index in [-0.39, 0.29) is 36.6 Å². The SMILES string of the molecule is CC(C)OC1(OC(C)C)CCN(S(=O)(=O)c2ccccc2)CC1O. The van der Waals surface area contributed by atoms with Crippen molar-refractivity contribution < 1.29 is 23.0 Å². The van der Waals surface area contributed by atoms with Crippen molar-refractivity contribution >= 4 is 10.0 Å². The van der Waals surface area contributed by atoms with Crippen LogP contribution in [-0.2, 0) is 19.5 Å². The summed E-state index contributed by atoms with van der Waals surface area (Å²) in [5, 5.41) is 10.6. The molecule has 1 atom stereocenters. The quantitative estimate of drug-likeness (QED) is 0.788. The molecule has 7 heteroatoms. The van der Waals surface area contributed by atoms with Crippen LogP contribution in [0.25, 0.3) is 0 Å². The Morgan fingerprint density at radius 1 is 1.12 bits per heavy atom. The largest absolute Gasteiger partial charge is 0.386 e. The molecule has 1 aliphatic heterocycles. The number of hydrogen-bond acceptors (Lipinski definition) is 5. The number of hydrogen-bond donors (Lipinski definition) is 1. The molecule has 1 aromatic carbocycles. The van der Waals surface area contributed by atoms with Crippen molar-refractivity contribution in [2.45, 2.75) is 63.1 Å². The van der Waals surface area contributed by atoms with Gasteiger partial charge in [-0.25, -0.2) is 8.42 Å². The molecule has 0 amide bonds. The monoisotopic (exact) mass is 357 g/mol. The fraction of sp³-hybridized carbons (Fsp3) is 0.647. The number of aliphatic hydroxyl groups is 1. The van der Waals surface area contributed by atoms with E-state index in [1.165, 1.54) is 4.31 Å². The predicted octanol–water partition coefficient (Wildman–Crippen LogP) is 1.99. The van der Waals surface area contributed by atoms with Gasteiger partial charge in [0.1, 0.15) is 6.10 Å². The summed E-state index contributed by atoms with van der Waals surface area (Å²) >= 11 is 0. The zero-order chi connectivity index (χ0) is 18.0. The van der Waals surface area contributed by atoms with Gasteiger partial charge >= 0.3 is 0 Å². The minimum absolute atomic E-state index is 0.0589. The Labute approximate surface area is 144 Å². The number of rotatable bonds is 6. The molecule has 0 saturated carbocycles. The van der Waals surface area contributed by atoms with E-state index < -0.39 is 21.9 Å². The summed E-state index contributed by atoms with van der Waals surface area (Å²) in [5.74, 6) is -1.18. The molecule has 1 aliphatic rings. The van der Waals surface area contributed by atoms with Gasteiger partial charge < -0.3 is 14.6 Å². The van der Waals surface area contributed by atoms with Crippen LogP contribution < -0.4 is 0 Å². The number of aliphatic hydroxyl groups excluding tert-OH is 1. The van der Waals surface area contributed by atoms with E-state index in [2.05, 4.69) is 0 Å². The maximum Gasteiger partial charge on any atom is 0.243 e. The van der Waals surface area contributed by atoms with Crippen molar-refractivity contribution in [2.24, 2.45) is 0 Å². The molecule has 1 aromatic rings. The van der Waals surface area contributed by atoms with Crippen LogP contribution in [-0.4, -0.2) is 55.0 Å². The molecule has 0 radical (unpaired) electrons. The molecule has 136 valence electrons. The molecule has 1 saturated heterocycles. The van der Waals surface area contributed by atoms with Gasteiger partial charge in [-0.3, -0.25) is 0 Å². The molecule has 1 N–H and O–H groups in total. The third-order valence-electron chi connectivity index (χ3n) is 3.85. The molecule has 1 heterocycles. The van der Waals surface area contributed by atoms with Gasteiger partial charge in [0.2, 0.25) is 10.0 Å². The number of ether oxygens (including phenoxy) is 2. The molecular formula is C17H27NO5S. The van der Waals surface area contributed by atoms with Crippen LogP contribution in [0.4, 0.5) is 0 Å². The summed E-state index contributed by atoms with van der Waals surface area (Å²) in [6.45, 7) is 7.64. The van der Waals surface area contributed by atoms with Gasteiger partial charge in [-0.05, 0) is 39.8 Å². The molecule has 24 heavy (non-hydrogen) atoms. The average Bonchev–Trinajstić information content (AvgIpc) is 2.49. The molecule has 1 fully saturated rings. The molecule has 2 rings (SSSR count).